The lowest BCUT2D eigenvalue weighted by Crippen LogP contribution is -2.87. The molecule has 0 spiro atoms. The van der Waals surface area contributed by atoms with Crippen molar-refractivity contribution in [2.45, 2.75) is 38.1 Å². The van der Waals surface area contributed by atoms with E-state index in [1.165, 1.54) is 23.3 Å². The van der Waals surface area contributed by atoms with Crippen LogP contribution in [0.4, 0.5) is 4.79 Å². The molecular weight excluding hydrogens is 370 g/mol. The molecule has 1 aromatic carbocycles. The van der Waals surface area contributed by atoms with Crippen LogP contribution in [0.2, 0.25) is 0 Å². The van der Waals surface area contributed by atoms with Crippen LogP contribution in [0.1, 0.15) is 48.6 Å². The molecule has 1 heterocycles. The van der Waals surface area contributed by atoms with Crippen molar-refractivity contribution in [3.8, 4) is 0 Å². The Morgan fingerprint density at radius 3 is 2.68 bits per heavy atom. The average molecular weight is 399 g/mol. The second kappa shape index (κ2) is 10.8. The van der Waals surface area contributed by atoms with Crippen LogP contribution in [0.25, 0.3) is 0 Å². The van der Waals surface area contributed by atoms with Crippen LogP contribution in [-0.4, -0.2) is 25.0 Å². The zero-order chi connectivity index (χ0) is 19.6. The number of carbonyl (C=O) groups excluding carboxylic acids is 2. The third-order valence-corrected chi connectivity index (χ3v) is 5.87. The maximum absolute atomic E-state index is 12.2. The topological polar surface area (TPSA) is 74.8 Å². The minimum atomic E-state index is -0.415. The Morgan fingerprint density at radius 1 is 1.11 bits per heavy atom. The number of imide groups is 1. The summed E-state index contributed by atoms with van der Waals surface area (Å²) in [5.41, 5.74) is 2.55. The fourth-order valence-corrected chi connectivity index (χ4v) is 4.31. The van der Waals surface area contributed by atoms with Crippen molar-refractivity contribution in [2.75, 3.05) is 13.1 Å². The van der Waals surface area contributed by atoms with E-state index in [9.17, 15) is 9.59 Å². The van der Waals surface area contributed by atoms with E-state index in [0.717, 1.165) is 24.8 Å². The number of hydrogen-bond acceptors (Lipinski definition) is 3. The van der Waals surface area contributed by atoms with E-state index >= 15 is 0 Å². The summed E-state index contributed by atoms with van der Waals surface area (Å²) in [6.07, 6.45) is 7.90. The molecule has 5 nitrogen and oxygen atoms in total. The molecular formula is C22H28N3O2S+. The van der Waals surface area contributed by atoms with Gasteiger partial charge in [-0.3, -0.25) is 10.1 Å². The summed E-state index contributed by atoms with van der Waals surface area (Å²) in [6, 6.07) is 13.8. The Bertz CT molecular complexity index is 787. The number of hydrogen-bond donors (Lipinski definition) is 3. The van der Waals surface area contributed by atoms with Crippen LogP contribution in [0.3, 0.4) is 0 Å². The number of nitrogens with two attached hydrogens (primary N) is 1. The van der Waals surface area contributed by atoms with Gasteiger partial charge in [0.25, 0.3) is 5.91 Å². The van der Waals surface area contributed by atoms with Gasteiger partial charge in [-0.15, -0.1) is 11.3 Å². The third-order valence-electron chi connectivity index (χ3n) is 4.92. The van der Waals surface area contributed by atoms with Crippen molar-refractivity contribution < 1.29 is 14.9 Å². The fourth-order valence-electron chi connectivity index (χ4n) is 3.46. The highest BCUT2D eigenvalue weighted by molar-refractivity contribution is 7.10. The molecule has 28 heavy (non-hydrogen) atoms. The highest BCUT2D eigenvalue weighted by Gasteiger charge is 2.20. The average Bonchev–Trinajstić information content (AvgIpc) is 3.24. The van der Waals surface area contributed by atoms with Crippen molar-refractivity contribution in [3.63, 3.8) is 0 Å². The zero-order valence-corrected chi connectivity index (χ0v) is 16.8. The molecule has 1 aliphatic rings. The molecule has 0 saturated carbocycles. The molecule has 2 aromatic rings. The lowest BCUT2D eigenvalue weighted by molar-refractivity contribution is -0.676. The molecule has 148 valence electrons. The molecule has 0 fully saturated rings. The van der Waals surface area contributed by atoms with Crippen molar-refractivity contribution in [2.24, 2.45) is 0 Å². The molecule has 1 atom stereocenters. The highest BCUT2D eigenvalue weighted by atomic mass is 32.1. The lowest BCUT2D eigenvalue weighted by Gasteiger charge is -2.15. The first-order chi connectivity index (χ1) is 13.7. The standard InChI is InChI=1S/C22H27N3O2S/c26-20(25-22(27)23-14-13-17-8-3-1-4-9-17)16-24-21(19-12-7-15-28-19)18-10-5-2-6-11-18/h2,5-8,10-12,15,21,24H,1,3-4,9,13-14,16H2,(H2,23,25,26,27)/p+1/t21-/m0/s1. The van der Waals surface area contributed by atoms with Gasteiger partial charge in [-0.05, 0) is 43.6 Å². The van der Waals surface area contributed by atoms with Crippen LogP contribution in [0.15, 0.2) is 59.5 Å². The molecule has 0 aliphatic heterocycles. The van der Waals surface area contributed by atoms with E-state index < -0.39 is 6.03 Å². The Labute approximate surface area is 170 Å². The van der Waals surface area contributed by atoms with E-state index in [1.54, 1.807) is 11.3 Å². The van der Waals surface area contributed by atoms with Crippen LogP contribution < -0.4 is 16.0 Å². The number of urea groups is 1. The minimum Gasteiger partial charge on any atom is -0.337 e. The molecule has 1 aromatic heterocycles. The summed E-state index contributed by atoms with van der Waals surface area (Å²) in [5, 5.41) is 9.22. The van der Waals surface area contributed by atoms with E-state index in [4.69, 9.17) is 0 Å². The van der Waals surface area contributed by atoms with Gasteiger partial charge in [-0.1, -0.05) is 48.0 Å². The van der Waals surface area contributed by atoms with Crippen molar-refractivity contribution in [1.82, 2.24) is 10.6 Å². The maximum Gasteiger partial charge on any atom is 0.321 e. The summed E-state index contributed by atoms with van der Waals surface area (Å²) in [5.74, 6) is -0.285. The number of benzene rings is 1. The molecule has 0 saturated heterocycles. The first-order valence-electron chi connectivity index (χ1n) is 9.89. The van der Waals surface area contributed by atoms with E-state index in [1.807, 2.05) is 35.0 Å². The minimum absolute atomic E-state index is 0.0493. The van der Waals surface area contributed by atoms with Crippen molar-refractivity contribution in [3.05, 3.63) is 69.9 Å². The van der Waals surface area contributed by atoms with E-state index in [-0.39, 0.29) is 18.5 Å². The third kappa shape index (κ3) is 6.32. The molecule has 0 bridgehead atoms. The monoisotopic (exact) mass is 398 g/mol. The second-order valence-electron chi connectivity index (χ2n) is 7.01. The van der Waals surface area contributed by atoms with Gasteiger partial charge < -0.3 is 10.6 Å². The summed E-state index contributed by atoms with van der Waals surface area (Å²) < 4.78 is 0. The Balaban J connectivity index is 1.44. The van der Waals surface area contributed by atoms with Crippen LogP contribution >= 0.6 is 11.3 Å². The SMILES string of the molecule is O=C(C[NH2+][C@@H](c1ccccc1)c1cccs1)NC(=O)NCCC1=CCCCC1. The zero-order valence-electron chi connectivity index (χ0n) is 16.0. The molecule has 4 N–H and O–H groups in total. The second-order valence-corrected chi connectivity index (χ2v) is 7.99. The maximum atomic E-state index is 12.2. The normalized spacial score (nSPS) is 14.8. The highest BCUT2D eigenvalue weighted by Crippen LogP contribution is 2.22. The summed E-state index contributed by atoms with van der Waals surface area (Å²) in [4.78, 5) is 25.4. The van der Waals surface area contributed by atoms with Gasteiger partial charge in [0.05, 0.1) is 4.88 Å². The Morgan fingerprint density at radius 2 is 1.96 bits per heavy atom. The van der Waals surface area contributed by atoms with Gasteiger partial charge in [-0.2, -0.15) is 0 Å². The van der Waals surface area contributed by atoms with E-state index in [2.05, 4.69) is 34.9 Å². The van der Waals surface area contributed by atoms with Gasteiger partial charge in [0.15, 0.2) is 6.54 Å². The number of carbonyl (C=O) groups is 2. The van der Waals surface area contributed by atoms with Crippen LogP contribution in [0.5, 0.6) is 0 Å². The summed E-state index contributed by atoms with van der Waals surface area (Å²) >= 11 is 1.67. The Hall–Kier alpha value is -2.44. The number of rotatable bonds is 8. The molecule has 0 radical (unpaired) electrons. The summed E-state index contributed by atoms with van der Waals surface area (Å²) in [7, 11) is 0. The molecule has 3 rings (SSSR count). The number of quaternary nitrogens is 1. The van der Waals surface area contributed by atoms with Gasteiger partial charge in [-0.25, -0.2) is 4.79 Å². The number of nitrogens with one attached hydrogen (secondary N) is 2. The first-order valence-corrected chi connectivity index (χ1v) is 10.8. The van der Waals surface area contributed by atoms with Gasteiger partial charge >= 0.3 is 6.03 Å². The number of thiophene rings is 1. The molecule has 0 unspecified atom stereocenters. The van der Waals surface area contributed by atoms with Crippen molar-refractivity contribution >= 4 is 23.3 Å². The quantitative estimate of drug-likeness (QED) is 0.598. The van der Waals surface area contributed by atoms with Gasteiger partial charge in [0.2, 0.25) is 0 Å². The first kappa shape index (κ1) is 20.3. The fraction of sp³-hybridized carbons (Fsp3) is 0.364. The summed E-state index contributed by atoms with van der Waals surface area (Å²) in [6.45, 7) is 0.756. The Kier molecular flexibility index (Phi) is 7.82. The van der Waals surface area contributed by atoms with Crippen LogP contribution in [-0.2, 0) is 4.79 Å². The lowest BCUT2D eigenvalue weighted by atomic mass is 9.97. The largest absolute Gasteiger partial charge is 0.337 e. The predicted molar refractivity (Wildman–Crippen MR) is 112 cm³/mol. The predicted octanol–water partition coefficient (Wildman–Crippen LogP) is 3.12. The number of amides is 3. The van der Waals surface area contributed by atoms with Crippen molar-refractivity contribution in [1.29, 1.82) is 0 Å². The molecule has 3 amide bonds. The smallest absolute Gasteiger partial charge is 0.321 e. The number of allylic oxidation sites excluding steroid dienone is 1. The van der Waals surface area contributed by atoms with Gasteiger partial charge in [0, 0.05) is 12.1 Å². The molecule has 6 heteroatoms. The van der Waals surface area contributed by atoms with E-state index in [0.29, 0.717) is 6.54 Å². The molecule has 1 aliphatic carbocycles. The van der Waals surface area contributed by atoms with Crippen LogP contribution in [0, 0.1) is 0 Å². The van der Waals surface area contributed by atoms with Gasteiger partial charge in [0.1, 0.15) is 6.04 Å².